The largest absolute Gasteiger partial charge is 0.351 e. The van der Waals surface area contributed by atoms with Gasteiger partial charge < -0.3 is 20.1 Å². The molecule has 2 aromatic rings. The number of ether oxygens (including phenoxy) is 2. The zero-order valence-corrected chi connectivity index (χ0v) is 18.3. The van der Waals surface area contributed by atoms with Crippen LogP contribution >= 0.6 is 23.4 Å². The van der Waals surface area contributed by atoms with Crippen LogP contribution in [0.4, 0.5) is 5.69 Å². The topological polar surface area (TPSA) is 76.7 Å². The maximum absolute atomic E-state index is 12.5. The van der Waals surface area contributed by atoms with Gasteiger partial charge in [0.25, 0.3) is 11.8 Å². The molecule has 0 bridgehead atoms. The lowest BCUT2D eigenvalue weighted by Crippen LogP contribution is -2.35. The van der Waals surface area contributed by atoms with Gasteiger partial charge >= 0.3 is 0 Å². The second-order valence-electron chi connectivity index (χ2n) is 6.35. The van der Waals surface area contributed by atoms with Crippen molar-refractivity contribution >= 4 is 46.9 Å². The average molecular weight is 447 g/mol. The zero-order chi connectivity index (χ0) is 21.5. The van der Waals surface area contributed by atoms with E-state index >= 15 is 0 Å². The molecule has 0 saturated heterocycles. The summed E-state index contributed by atoms with van der Waals surface area (Å²) in [6.45, 7) is 4.96. The van der Waals surface area contributed by atoms with Crippen LogP contribution in [-0.4, -0.2) is 37.9 Å². The van der Waals surface area contributed by atoms with Gasteiger partial charge in [0.1, 0.15) is 0 Å². The lowest BCUT2D eigenvalue weighted by Gasteiger charge is -2.20. The summed E-state index contributed by atoms with van der Waals surface area (Å²) < 4.78 is 10.9. The van der Waals surface area contributed by atoms with E-state index in [1.807, 2.05) is 38.1 Å². The van der Waals surface area contributed by atoms with Crippen molar-refractivity contribution in [2.24, 2.45) is 0 Å². The van der Waals surface area contributed by atoms with Crippen LogP contribution in [0.15, 0.2) is 52.3 Å². The normalized spacial score (nSPS) is 14.5. The van der Waals surface area contributed by atoms with Crippen molar-refractivity contribution in [3.63, 3.8) is 0 Å². The number of hydrogen-bond acceptors (Lipinski definition) is 5. The average Bonchev–Trinajstić information content (AvgIpc) is 2.74. The predicted molar refractivity (Wildman–Crippen MR) is 120 cm³/mol. The Labute approximate surface area is 185 Å². The van der Waals surface area contributed by atoms with Gasteiger partial charge in [0.2, 0.25) is 0 Å². The summed E-state index contributed by atoms with van der Waals surface area (Å²) >= 11 is 7.53. The first-order valence-corrected chi connectivity index (χ1v) is 10.8. The Bertz CT molecular complexity index is 958. The van der Waals surface area contributed by atoms with Crippen LogP contribution in [0.3, 0.4) is 0 Å². The van der Waals surface area contributed by atoms with Crippen LogP contribution in [-0.2, 0) is 14.3 Å². The summed E-state index contributed by atoms with van der Waals surface area (Å²) in [6.07, 6.45) is 1.27. The first-order chi connectivity index (χ1) is 14.5. The van der Waals surface area contributed by atoms with Crippen molar-refractivity contribution in [1.29, 1.82) is 0 Å². The third-order valence-corrected chi connectivity index (χ3v) is 5.70. The molecule has 1 heterocycles. The molecule has 6 nitrogen and oxygen atoms in total. The standard InChI is InChI=1S/C22H23ClN2O4S/c1-3-28-20(29-4-2)13-24-21(26)15-9-10-18-17(11-15)25-22(27)19(30-18)12-14-7-5-6-8-16(14)23/h5-12,20H,3-4,13H2,1-2H3,(H,24,26)(H,25,27)/b19-12+. The Morgan fingerprint density at radius 1 is 1.20 bits per heavy atom. The lowest BCUT2D eigenvalue weighted by molar-refractivity contribution is -0.131. The van der Waals surface area contributed by atoms with Crippen LogP contribution in [0.1, 0.15) is 29.8 Å². The molecule has 3 rings (SSSR count). The van der Waals surface area contributed by atoms with Gasteiger partial charge in [-0.15, -0.1) is 0 Å². The monoisotopic (exact) mass is 446 g/mol. The third-order valence-electron chi connectivity index (χ3n) is 4.26. The number of fused-ring (bicyclic) bond motifs is 1. The summed E-state index contributed by atoms with van der Waals surface area (Å²) in [7, 11) is 0. The zero-order valence-electron chi connectivity index (χ0n) is 16.7. The fourth-order valence-corrected chi connectivity index (χ4v) is 3.96. The molecule has 2 N–H and O–H groups in total. The highest BCUT2D eigenvalue weighted by molar-refractivity contribution is 8.04. The van der Waals surface area contributed by atoms with Crippen molar-refractivity contribution in [2.45, 2.75) is 25.0 Å². The van der Waals surface area contributed by atoms with E-state index in [0.29, 0.717) is 34.4 Å². The molecule has 1 aliphatic heterocycles. The number of halogens is 1. The molecule has 0 atom stereocenters. The summed E-state index contributed by atoms with van der Waals surface area (Å²) in [5.41, 5.74) is 1.81. The fourth-order valence-electron chi connectivity index (χ4n) is 2.85. The number of thioether (sulfide) groups is 1. The first-order valence-electron chi connectivity index (χ1n) is 9.62. The number of nitrogens with one attached hydrogen (secondary N) is 2. The van der Waals surface area contributed by atoms with E-state index in [2.05, 4.69) is 10.6 Å². The van der Waals surface area contributed by atoms with Gasteiger partial charge in [-0.25, -0.2) is 0 Å². The minimum atomic E-state index is -0.491. The number of rotatable bonds is 8. The number of carbonyl (C=O) groups is 2. The number of carbonyl (C=O) groups excluding carboxylic acids is 2. The highest BCUT2D eigenvalue weighted by Gasteiger charge is 2.23. The maximum Gasteiger partial charge on any atom is 0.262 e. The quantitative estimate of drug-likeness (QED) is 0.459. The third kappa shape index (κ3) is 5.64. The molecule has 30 heavy (non-hydrogen) atoms. The second-order valence-corrected chi connectivity index (χ2v) is 7.84. The SMILES string of the molecule is CCOC(CNC(=O)c1ccc2c(c1)NC(=O)/C(=C\c1ccccc1Cl)S2)OCC. The van der Waals surface area contributed by atoms with Crippen molar-refractivity contribution in [2.75, 3.05) is 25.1 Å². The minimum absolute atomic E-state index is 0.238. The van der Waals surface area contributed by atoms with E-state index in [1.54, 1.807) is 24.3 Å². The van der Waals surface area contributed by atoms with Gasteiger partial charge in [0, 0.05) is 28.7 Å². The molecule has 0 radical (unpaired) electrons. The van der Waals surface area contributed by atoms with Crippen LogP contribution in [0.25, 0.3) is 6.08 Å². The van der Waals surface area contributed by atoms with E-state index in [4.69, 9.17) is 21.1 Å². The van der Waals surface area contributed by atoms with E-state index < -0.39 is 6.29 Å². The van der Waals surface area contributed by atoms with Crippen LogP contribution < -0.4 is 10.6 Å². The lowest BCUT2D eigenvalue weighted by atomic mass is 10.1. The molecule has 8 heteroatoms. The molecule has 0 saturated carbocycles. The number of amides is 2. The van der Waals surface area contributed by atoms with E-state index in [1.165, 1.54) is 11.8 Å². The summed E-state index contributed by atoms with van der Waals surface area (Å²) in [6, 6.07) is 12.5. The van der Waals surface area contributed by atoms with E-state index in [9.17, 15) is 9.59 Å². The molecule has 0 fully saturated rings. The summed E-state index contributed by atoms with van der Waals surface area (Å²) in [4.78, 5) is 26.4. The number of anilines is 1. The molecule has 0 spiro atoms. The molecule has 2 amide bonds. The van der Waals surface area contributed by atoms with Gasteiger partial charge in [-0.1, -0.05) is 41.6 Å². The Morgan fingerprint density at radius 2 is 1.93 bits per heavy atom. The molecule has 0 aromatic heterocycles. The van der Waals surface area contributed by atoms with Crippen molar-refractivity contribution < 1.29 is 19.1 Å². The van der Waals surface area contributed by atoms with E-state index in [0.717, 1.165) is 10.5 Å². The molecule has 158 valence electrons. The van der Waals surface area contributed by atoms with Gasteiger partial charge in [-0.2, -0.15) is 0 Å². The molecule has 0 aliphatic carbocycles. The second kappa shape index (κ2) is 10.6. The Hall–Kier alpha value is -2.32. The highest BCUT2D eigenvalue weighted by atomic mass is 35.5. The molecule has 2 aromatic carbocycles. The fraction of sp³-hybridized carbons (Fsp3) is 0.273. The highest BCUT2D eigenvalue weighted by Crippen LogP contribution is 2.39. The van der Waals surface area contributed by atoms with Crippen LogP contribution in [0, 0.1) is 0 Å². The predicted octanol–water partition coefficient (Wildman–Crippen LogP) is 4.55. The molecular formula is C22H23ClN2O4S. The first kappa shape index (κ1) is 22.4. The van der Waals surface area contributed by atoms with E-state index in [-0.39, 0.29) is 18.4 Å². The number of hydrogen-bond donors (Lipinski definition) is 2. The molecule has 1 aliphatic rings. The summed E-state index contributed by atoms with van der Waals surface area (Å²) in [5, 5.41) is 6.23. The minimum Gasteiger partial charge on any atom is -0.351 e. The Balaban J connectivity index is 1.71. The molecular weight excluding hydrogens is 424 g/mol. The Morgan fingerprint density at radius 3 is 2.63 bits per heavy atom. The van der Waals surface area contributed by atoms with Crippen molar-refractivity contribution in [1.82, 2.24) is 5.32 Å². The maximum atomic E-state index is 12.5. The van der Waals surface area contributed by atoms with Gasteiger partial charge in [-0.05, 0) is 49.8 Å². The van der Waals surface area contributed by atoms with Crippen molar-refractivity contribution in [3.8, 4) is 0 Å². The van der Waals surface area contributed by atoms with Gasteiger partial charge in [0.05, 0.1) is 17.1 Å². The Kier molecular flexibility index (Phi) is 7.93. The van der Waals surface area contributed by atoms with Gasteiger partial charge in [0.15, 0.2) is 6.29 Å². The summed E-state index contributed by atoms with van der Waals surface area (Å²) in [5.74, 6) is -0.503. The smallest absolute Gasteiger partial charge is 0.262 e. The molecule has 0 unspecified atom stereocenters. The van der Waals surface area contributed by atoms with Crippen LogP contribution in [0.2, 0.25) is 5.02 Å². The van der Waals surface area contributed by atoms with Crippen LogP contribution in [0.5, 0.6) is 0 Å². The van der Waals surface area contributed by atoms with Crippen molar-refractivity contribution in [3.05, 3.63) is 63.5 Å². The number of benzene rings is 2. The van der Waals surface area contributed by atoms with Gasteiger partial charge in [-0.3, -0.25) is 9.59 Å².